The van der Waals surface area contributed by atoms with Gasteiger partial charge >= 0.3 is 0 Å². The summed E-state index contributed by atoms with van der Waals surface area (Å²) in [7, 11) is 0. The minimum absolute atomic E-state index is 0.0199. The Kier molecular flexibility index (Phi) is 10.4. The topological polar surface area (TPSA) is 58.6 Å². The Morgan fingerprint density at radius 1 is 1.06 bits per heavy atom. The van der Waals surface area contributed by atoms with Gasteiger partial charge in [0.2, 0.25) is 5.91 Å². The standard InChI is InChI=1S/C23H27Cl2IN2O3/c1-4-15(3)27-23(30)21(5-2)28(13-16-6-11-19(24)20(25)12-16)22(29)14-31-18-9-7-17(26)8-10-18/h6-12,15,21H,4-5,13-14H2,1-3H3,(H,27,30)/t15-,21+/m1/s1. The molecule has 0 aromatic heterocycles. The number of rotatable bonds is 10. The van der Waals surface area contributed by atoms with Crippen molar-refractivity contribution in [1.29, 1.82) is 0 Å². The minimum Gasteiger partial charge on any atom is -0.484 e. The molecule has 0 bridgehead atoms. The van der Waals surface area contributed by atoms with Crippen LogP contribution in [0.1, 0.15) is 39.2 Å². The van der Waals surface area contributed by atoms with Crippen molar-refractivity contribution in [2.24, 2.45) is 0 Å². The zero-order valence-electron chi connectivity index (χ0n) is 17.8. The first-order valence-corrected chi connectivity index (χ1v) is 12.0. The second kappa shape index (κ2) is 12.5. The van der Waals surface area contributed by atoms with E-state index in [9.17, 15) is 9.59 Å². The Morgan fingerprint density at radius 2 is 1.74 bits per heavy atom. The van der Waals surface area contributed by atoms with Crippen molar-refractivity contribution < 1.29 is 14.3 Å². The highest BCUT2D eigenvalue weighted by Gasteiger charge is 2.29. The number of nitrogens with one attached hydrogen (secondary N) is 1. The monoisotopic (exact) mass is 576 g/mol. The maximum atomic E-state index is 13.2. The molecule has 0 aliphatic carbocycles. The van der Waals surface area contributed by atoms with Gasteiger partial charge in [0.25, 0.3) is 5.91 Å². The molecule has 0 aliphatic rings. The number of ether oxygens (including phenoxy) is 1. The zero-order valence-corrected chi connectivity index (χ0v) is 21.5. The van der Waals surface area contributed by atoms with Crippen LogP contribution in [0.4, 0.5) is 0 Å². The van der Waals surface area contributed by atoms with Gasteiger partial charge < -0.3 is 15.0 Å². The predicted octanol–water partition coefficient (Wildman–Crippen LogP) is 5.70. The molecule has 0 spiro atoms. The average Bonchev–Trinajstić information content (AvgIpc) is 2.75. The van der Waals surface area contributed by atoms with Crippen LogP contribution in [0, 0.1) is 3.57 Å². The lowest BCUT2D eigenvalue weighted by atomic mass is 10.1. The third-order valence-corrected chi connectivity index (χ3v) is 6.36. The second-order valence-electron chi connectivity index (χ2n) is 7.25. The lowest BCUT2D eigenvalue weighted by molar-refractivity contribution is -0.143. The van der Waals surface area contributed by atoms with E-state index in [1.807, 2.05) is 45.0 Å². The fourth-order valence-electron chi connectivity index (χ4n) is 2.95. The van der Waals surface area contributed by atoms with Crippen molar-refractivity contribution in [2.75, 3.05) is 6.61 Å². The van der Waals surface area contributed by atoms with Gasteiger partial charge in [0.15, 0.2) is 6.61 Å². The number of carbonyl (C=O) groups is 2. The maximum absolute atomic E-state index is 13.2. The van der Waals surface area contributed by atoms with Crippen molar-refractivity contribution in [1.82, 2.24) is 10.2 Å². The van der Waals surface area contributed by atoms with E-state index in [4.69, 9.17) is 27.9 Å². The van der Waals surface area contributed by atoms with Crippen LogP contribution in [-0.2, 0) is 16.1 Å². The van der Waals surface area contributed by atoms with E-state index in [0.29, 0.717) is 22.2 Å². The Bertz CT molecular complexity index is 893. The Morgan fingerprint density at radius 3 is 2.32 bits per heavy atom. The van der Waals surface area contributed by atoms with Crippen LogP contribution in [0.5, 0.6) is 5.75 Å². The predicted molar refractivity (Wildman–Crippen MR) is 134 cm³/mol. The molecule has 2 aromatic carbocycles. The molecule has 0 saturated carbocycles. The van der Waals surface area contributed by atoms with Crippen molar-refractivity contribution >= 4 is 57.6 Å². The molecular formula is C23H27Cl2IN2O3. The average molecular weight is 577 g/mol. The van der Waals surface area contributed by atoms with E-state index in [2.05, 4.69) is 27.9 Å². The van der Waals surface area contributed by atoms with Crippen LogP contribution in [0.3, 0.4) is 0 Å². The molecule has 2 amide bonds. The summed E-state index contributed by atoms with van der Waals surface area (Å²) in [6, 6.07) is 12.0. The maximum Gasteiger partial charge on any atom is 0.261 e. The number of carbonyl (C=O) groups excluding carboxylic acids is 2. The van der Waals surface area contributed by atoms with Gasteiger partial charge in [0, 0.05) is 16.2 Å². The number of amides is 2. The van der Waals surface area contributed by atoms with E-state index in [1.165, 1.54) is 0 Å². The summed E-state index contributed by atoms with van der Waals surface area (Å²) < 4.78 is 6.76. The molecule has 0 heterocycles. The first-order valence-electron chi connectivity index (χ1n) is 10.2. The van der Waals surface area contributed by atoms with E-state index >= 15 is 0 Å². The molecule has 31 heavy (non-hydrogen) atoms. The lowest BCUT2D eigenvalue weighted by Crippen LogP contribution is -2.51. The van der Waals surface area contributed by atoms with Gasteiger partial charge in [-0.2, -0.15) is 0 Å². The van der Waals surface area contributed by atoms with Gasteiger partial charge in [-0.25, -0.2) is 0 Å². The largest absolute Gasteiger partial charge is 0.484 e. The first-order chi connectivity index (χ1) is 14.7. The third-order valence-electron chi connectivity index (χ3n) is 4.90. The van der Waals surface area contributed by atoms with Crippen molar-refractivity contribution in [2.45, 2.75) is 52.2 Å². The van der Waals surface area contributed by atoms with Gasteiger partial charge in [-0.1, -0.05) is 43.1 Å². The minimum atomic E-state index is -0.628. The van der Waals surface area contributed by atoms with Crippen molar-refractivity contribution in [3.05, 3.63) is 61.6 Å². The molecule has 0 saturated heterocycles. The fraction of sp³-hybridized carbons (Fsp3) is 0.391. The molecule has 0 fully saturated rings. The number of halogens is 3. The highest BCUT2D eigenvalue weighted by Crippen LogP contribution is 2.24. The van der Waals surface area contributed by atoms with Gasteiger partial charge in [-0.05, 0) is 84.3 Å². The van der Waals surface area contributed by atoms with Gasteiger partial charge in [-0.15, -0.1) is 0 Å². The first kappa shape index (κ1) is 25.7. The Balaban J connectivity index is 2.23. The summed E-state index contributed by atoms with van der Waals surface area (Å²) in [5, 5.41) is 3.82. The van der Waals surface area contributed by atoms with Gasteiger partial charge in [-0.3, -0.25) is 9.59 Å². The molecule has 168 valence electrons. The molecule has 2 atom stereocenters. The summed E-state index contributed by atoms with van der Waals surface area (Å²) in [5.41, 5.74) is 0.784. The Labute approximate surface area is 207 Å². The summed E-state index contributed by atoms with van der Waals surface area (Å²) in [6.07, 6.45) is 1.28. The van der Waals surface area contributed by atoms with Crippen LogP contribution in [0.15, 0.2) is 42.5 Å². The number of benzene rings is 2. The van der Waals surface area contributed by atoms with E-state index in [0.717, 1.165) is 15.6 Å². The summed E-state index contributed by atoms with van der Waals surface area (Å²) in [5.74, 6) is 0.135. The molecule has 2 aromatic rings. The SMILES string of the molecule is CC[C@@H](C)NC(=O)[C@H](CC)N(Cc1ccc(Cl)c(Cl)c1)C(=O)COc1ccc(I)cc1. The van der Waals surface area contributed by atoms with E-state index < -0.39 is 6.04 Å². The zero-order chi connectivity index (χ0) is 23.0. The molecule has 5 nitrogen and oxygen atoms in total. The third kappa shape index (κ3) is 7.84. The molecule has 0 radical (unpaired) electrons. The fourth-order valence-corrected chi connectivity index (χ4v) is 3.63. The molecule has 1 N–H and O–H groups in total. The summed E-state index contributed by atoms with van der Waals surface area (Å²) in [4.78, 5) is 27.6. The normalized spacial score (nSPS) is 12.7. The quantitative estimate of drug-likeness (QED) is 0.369. The second-order valence-corrected chi connectivity index (χ2v) is 9.31. The molecular weight excluding hydrogens is 550 g/mol. The van der Waals surface area contributed by atoms with Gasteiger partial charge in [0.05, 0.1) is 10.0 Å². The lowest BCUT2D eigenvalue weighted by Gasteiger charge is -2.31. The highest BCUT2D eigenvalue weighted by molar-refractivity contribution is 14.1. The van der Waals surface area contributed by atoms with Crippen LogP contribution >= 0.6 is 45.8 Å². The van der Waals surface area contributed by atoms with Crippen molar-refractivity contribution in [3.8, 4) is 5.75 Å². The molecule has 0 aliphatic heterocycles. The van der Waals surface area contributed by atoms with Crippen LogP contribution in [-0.4, -0.2) is 35.4 Å². The smallest absolute Gasteiger partial charge is 0.261 e. The van der Waals surface area contributed by atoms with Gasteiger partial charge in [0.1, 0.15) is 11.8 Å². The number of nitrogens with zero attached hydrogens (tertiary/aromatic N) is 1. The van der Waals surface area contributed by atoms with Crippen LogP contribution in [0.25, 0.3) is 0 Å². The molecule has 2 rings (SSSR count). The number of hydrogen-bond acceptors (Lipinski definition) is 3. The van der Waals surface area contributed by atoms with E-state index in [-0.39, 0.29) is 31.0 Å². The Hall–Kier alpha value is -1.51. The number of hydrogen-bond donors (Lipinski definition) is 1. The van der Waals surface area contributed by atoms with Crippen molar-refractivity contribution in [3.63, 3.8) is 0 Å². The molecule has 8 heteroatoms. The van der Waals surface area contributed by atoms with E-state index in [1.54, 1.807) is 23.1 Å². The van der Waals surface area contributed by atoms with Crippen LogP contribution in [0.2, 0.25) is 10.0 Å². The molecule has 0 unspecified atom stereocenters. The highest BCUT2D eigenvalue weighted by atomic mass is 127. The van der Waals surface area contributed by atoms with Crippen LogP contribution < -0.4 is 10.1 Å². The summed E-state index contributed by atoms with van der Waals surface area (Å²) >= 11 is 14.4. The summed E-state index contributed by atoms with van der Waals surface area (Å²) in [6.45, 7) is 5.87.